The highest BCUT2D eigenvalue weighted by molar-refractivity contribution is 6.01. The molecule has 2 rings (SSSR count). The van der Waals surface area contributed by atoms with Crippen molar-refractivity contribution in [1.82, 2.24) is 9.97 Å². The fraction of sp³-hybridized carbons (Fsp3) is 0. The summed E-state index contributed by atoms with van der Waals surface area (Å²) in [6.45, 7) is 0. The molecule has 0 aromatic carbocycles. The lowest BCUT2D eigenvalue weighted by molar-refractivity contribution is 0.0674. The lowest BCUT2D eigenvalue weighted by Gasteiger charge is -2.09. The molecule has 0 aliphatic heterocycles. The Morgan fingerprint density at radius 2 is 0.917 bits per heavy atom. The van der Waals surface area contributed by atoms with E-state index in [-0.39, 0.29) is 0 Å². The van der Waals surface area contributed by atoms with Gasteiger partial charge in [-0.25, -0.2) is 29.1 Å². The molecule has 0 bridgehead atoms. The predicted octanol–water partition coefficient (Wildman–Crippen LogP) is 0.936. The van der Waals surface area contributed by atoms with Gasteiger partial charge < -0.3 is 20.4 Å². The Kier molecular flexibility index (Phi) is 4.22. The molecule has 122 valence electrons. The molecule has 0 radical (unpaired) electrons. The number of aromatic nitrogens is 2. The number of carboxylic acids is 4. The molecule has 0 fully saturated rings. The number of carboxylic acid groups (broad SMARTS) is 4. The summed E-state index contributed by atoms with van der Waals surface area (Å²) in [5, 5.41) is 36.3. The lowest BCUT2D eigenvalue weighted by atomic mass is 10.0. The molecule has 0 saturated heterocycles. The molecule has 2 aromatic rings. The van der Waals surface area contributed by atoms with Crippen molar-refractivity contribution < 1.29 is 39.6 Å². The van der Waals surface area contributed by atoms with E-state index in [0.29, 0.717) is 0 Å². The summed E-state index contributed by atoms with van der Waals surface area (Å²) in [6.07, 6.45) is 0. The molecule has 2 aromatic heterocycles. The van der Waals surface area contributed by atoms with E-state index < -0.39 is 57.8 Å². The Morgan fingerprint density at radius 1 is 0.583 bits per heavy atom. The van der Waals surface area contributed by atoms with E-state index in [0.717, 1.165) is 24.3 Å². The van der Waals surface area contributed by atoms with Crippen molar-refractivity contribution >= 4 is 23.9 Å². The molecular weight excluding hydrogens is 324 g/mol. The van der Waals surface area contributed by atoms with Crippen LogP contribution in [0.2, 0.25) is 0 Å². The summed E-state index contributed by atoms with van der Waals surface area (Å²) in [5.74, 6) is -5.96. The summed E-state index contributed by atoms with van der Waals surface area (Å²) in [6, 6.07) is 3.71. The average Bonchev–Trinajstić information content (AvgIpc) is 2.53. The third-order valence-corrected chi connectivity index (χ3v) is 2.91. The smallest absolute Gasteiger partial charge is 0.354 e. The third-order valence-electron chi connectivity index (χ3n) is 2.91. The molecular formula is C14H8N2O8. The first-order valence-corrected chi connectivity index (χ1v) is 6.18. The van der Waals surface area contributed by atoms with Crippen LogP contribution in [0.25, 0.3) is 11.4 Å². The summed E-state index contributed by atoms with van der Waals surface area (Å²) in [7, 11) is 0. The number of hydrogen-bond donors (Lipinski definition) is 4. The molecule has 24 heavy (non-hydrogen) atoms. The van der Waals surface area contributed by atoms with Gasteiger partial charge in [0.25, 0.3) is 0 Å². The zero-order chi connectivity index (χ0) is 18.0. The van der Waals surface area contributed by atoms with E-state index in [4.69, 9.17) is 10.2 Å². The molecule has 0 saturated carbocycles. The number of hydrogen-bond acceptors (Lipinski definition) is 6. The average molecular weight is 332 g/mol. The first-order valence-electron chi connectivity index (χ1n) is 6.18. The van der Waals surface area contributed by atoms with Gasteiger partial charge in [-0.2, -0.15) is 0 Å². The molecule has 0 atom stereocenters. The Labute approximate surface area is 132 Å². The van der Waals surface area contributed by atoms with Crippen molar-refractivity contribution in [3.63, 3.8) is 0 Å². The molecule has 0 unspecified atom stereocenters. The monoisotopic (exact) mass is 332 g/mol. The van der Waals surface area contributed by atoms with Gasteiger partial charge in [-0.1, -0.05) is 0 Å². The largest absolute Gasteiger partial charge is 0.478 e. The zero-order valence-corrected chi connectivity index (χ0v) is 11.6. The summed E-state index contributed by atoms with van der Waals surface area (Å²) in [4.78, 5) is 51.8. The fourth-order valence-electron chi connectivity index (χ4n) is 1.86. The van der Waals surface area contributed by atoms with E-state index >= 15 is 0 Å². The predicted molar refractivity (Wildman–Crippen MR) is 75.3 cm³/mol. The highest BCUT2D eigenvalue weighted by atomic mass is 16.4. The minimum absolute atomic E-state index is 0.516. The van der Waals surface area contributed by atoms with Gasteiger partial charge in [0.1, 0.15) is 22.8 Å². The van der Waals surface area contributed by atoms with Crippen LogP contribution in [0.15, 0.2) is 24.3 Å². The SMILES string of the molecule is O=C(O)c1ccc(C(=O)O)c(-c2nc(C(=O)O)ccc2C(=O)O)n1. The van der Waals surface area contributed by atoms with Crippen LogP contribution in [-0.4, -0.2) is 54.3 Å². The molecule has 4 N–H and O–H groups in total. The second-order valence-corrected chi connectivity index (χ2v) is 4.41. The van der Waals surface area contributed by atoms with Crippen molar-refractivity contribution in [1.29, 1.82) is 0 Å². The van der Waals surface area contributed by atoms with E-state index in [1.54, 1.807) is 0 Å². The number of carbonyl (C=O) groups is 4. The van der Waals surface area contributed by atoms with Gasteiger partial charge >= 0.3 is 23.9 Å². The van der Waals surface area contributed by atoms with Gasteiger partial charge in [-0.3, -0.25) is 0 Å². The maximum Gasteiger partial charge on any atom is 0.354 e. The molecule has 0 spiro atoms. The normalized spacial score (nSPS) is 10.2. The summed E-state index contributed by atoms with van der Waals surface area (Å²) >= 11 is 0. The van der Waals surface area contributed by atoms with Crippen LogP contribution in [0.4, 0.5) is 0 Å². The summed E-state index contributed by atoms with van der Waals surface area (Å²) < 4.78 is 0. The first-order chi connectivity index (χ1) is 11.2. The van der Waals surface area contributed by atoms with Crippen LogP contribution in [0.1, 0.15) is 41.7 Å². The van der Waals surface area contributed by atoms with E-state index in [1.807, 2.05) is 0 Å². The Balaban J connectivity index is 2.86. The van der Waals surface area contributed by atoms with Crippen LogP contribution in [0.3, 0.4) is 0 Å². The molecule has 0 aliphatic carbocycles. The van der Waals surface area contributed by atoms with Crippen molar-refractivity contribution in [2.45, 2.75) is 0 Å². The van der Waals surface area contributed by atoms with Gasteiger partial charge in [-0.15, -0.1) is 0 Å². The van der Waals surface area contributed by atoms with E-state index in [1.165, 1.54) is 0 Å². The third kappa shape index (κ3) is 3.02. The molecule has 0 aliphatic rings. The van der Waals surface area contributed by atoms with Crippen molar-refractivity contribution in [3.05, 3.63) is 46.8 Å². The van der Waals surface area contributed by atoms with Gasteiger partial charge in [-0.05, 0) is 24.3 Å². The minimum Gasteiger partial charge on any atom is -0.478 e. The van der Waals surface area contributed by atoms with Gasteiger partial charge in [0.2, 0.25) is 0 Å². The van der Waals surface area contributed by atoms with Crippen LogP contribution < -0.4 is 0 Å². The zero-order valence-electron chi connectivity index (χ0n) is 11.6. The molecule has 10 nitrogen and oxygen atoms in total. The van der Waals surface area contributed by atoms with E-state index in [9.17, 15) is 29.4 Å². The second kappa shape index (κ2) is 6.12. The highest BCUT2D eigenvalue weighted by Gasteiger charge is 2.24. The Morgan fingerprint density at radius 3 is 1.17 bits per heavy atom. The topological polar surface area (TPSA) is 175 Å². The highest BCUT2D eigenvalue weighted by Crippen LogP contribution is 2.25. The number of nitrogens with zero attached hydrogens (tertiary/aromatic N) is 2. The summed E-state index contributed by atoms with van der Waals surface area (Å²) in [5.41, 5.74) is -3.23. The number of rotatable bonds is 5. The molecule has 0 amide bonds. The standard InChI is InChI=1S/C14H8N2O8/c17-11(18)5-1-3-7(13(21)22)15-9(5)10-6(12(19)20)2-4-8(16-10)14(23)24/h1-4H,(H,17,18)(H,19,20)(H,21,22)(H,23,24). The first kappa shape index (κ1) is 16.5. The quantitative estimate of drug-likeness (QED) is 0.616. The van der Waals surface area contributed by atoms with Crippen LogP contribution in [-0.2, 0) is 0 Å². The maximum absolute atomic E-state index is 11.3. The second-order valence-electron chi connectivity index (χ2n) is 4.41. The maximum atomic E-state index is 11.3. The Bertz CT molecular complexity index is 817. The lowest BCUT2D eigenvalue weighted by Crippen LogP contribution is -2.12. The van der Waals surface area contributed by atoms with Crippen molar-refractivity contribution in [2.24, 2.45) is 0 Å². The van der Waals surface area contributed by atoms with E-state index in [2.05, 4.69) is 9.97 Å². The minimum atomic E-state index is -1.51. The fourth-order valence-corrected chi connectivity index (χ4v) is 1.86. The number of aromatic carboxylic acids is 4. The van der Waals surface area contributed by atoms with Crippen LogP contribution in [0.5, 0.6) is 0 Å². The van der Waals surface area contributed by atoms with Crippen molar-refractivity contribution in [2.75, 3.05) is 0 Å². The van der Waals surface area contributed by atoms with Gasteiger partial charge in [0.05, 0.1) is 11.1 Å². The number of pyridine rings is 2. The molecule has 2 heterocycles. The molecule has 10 heteroatoms. The van der Waals surface area contributed by atoms with Crippen LogP contribution in [0, 0.1) is 0 Å². The van der Waals surface area contributed by atoms with Crippen LogP contribution >= 0.6 is 0 Å². The Hall–Kier alpha value is -3.82. The van der Waals surface area contributed by atoms with Crippen molar-refractivity contribution in [3.8, 4) is 11.4 Å². The van der Waals surface area contributed by atoms with Gasteiger partial charge in [0.15, 0.2) is 0 Å². The van der Waals surface area contributed by atoms with Gasteiger partial charge in [0, 0.05) is 0 Å².